The quantitative estimate of drug-likeness (QED) is 0.653. The molecule has 4 N–H and O–H groups in total. The Bertz CT molecular complexity index is 263. The van der Waals surface area contributed by atoms with Gasteiger partial charge in [0.25, 0.3) is 0 Å². The van der Waals surface area contributed by atoms with E-state index < -0.39 is 0 Å². The average Bonchev–Trinajstić information content (AvgIpc) is 2.15. The molecule has 1 aromatic rings. The maximum Gasteiger partial charge on any atom is 0.120 e. The Hall–Kier alpha value is -1.06. The molecule has 0 aliphatic heterocycles. The molecule has 0 aliphatic carbocycles. The van der Waals surface area contributed by atoms with Crippen LogP contribution in [0.5, 0.6) is 5.75 Å². The van der Waals surface area contributed by atoms with Crippen LogP contribution in [0, 0.1) is 0 Å². The van der Waals surface area contributed by atoms with Gasteiger partial charge in [0.1, 0.15) is 5.75 Å². The first-order valence-electron chi connectivity index (χ1n) is 4.40. The zero-order valence-electron chi connectivity index (χ0n) is 7.48. The van der Waals surface area contributed by atoms with Crippen LogP contribution in [0.25, 0.3) is 0 Å². The van der Waals surface area contributed by atoms with Gasteiger partial charge in [-0.05, 0) is 18.9 Å². The molecule has 0 heterocycles. The van der Waals surface area contributed by atoms with Crippen LogP contribution < -0.4 is 5.73 Å². The van der Waals surface area contributed by atoms with E-state index in [2.05, 4.69) is 0 Å². The van der Waals surface area contributed by atoms with Crippen molar-refractivity contribution >= 4 is 0 Å². The van der Waals surface area contributed by atoms with Crippen molar-refractivity contribution in [1.29, 1.82) is 0 Å². The van der Waals surface area contributed by atoms with Gasteiger partial charge >= 0.3 is 0 Å². The summed E-state index contributed by atoms with van der Waals surface area (Å²) in [6.45, 7) is 0.140. The topological polar surface area (TPSA) is 66.5 Å². The van der Waals surface area contributed by atoms with Crippen LogP contribution in [-0.4, -0.2) is 16.8 Å². The third kappa shape index (κ3) is 2.72. The van der Waals surface area contributed by atoms with E-state index in [-0.39, 0.29) is 18.4 Å². The summed E-state index contributed by atoms with van der Waals surface area (Å²) in [7, 11) is 0. The highest BCUT2D eigenvalue weighted by molar-refractivity contribution is 5.34. The largest absolute Gasteiger partial charge is 0.508 e. The van der Waals surface area contributed by atoms with Crippen molar-refractivity contribution in [2.75, 3.05) is 6.61 Å². The van der Waals surface area contributed by atoms with E-state index >= 15 is 0 Å². The van der Waals surface area contributed by atoms with Crippen molar-refractivity contribution in [3.05, 3.63) is 29.8 Å². The molecule has 0 saturated heterocycles. The van der Waals surface area contributed by atoms with Gasteiger partial charge in [-0.15, -0.1) is 0 Å². The summed E-state index contributed by atoms with van der Waals surface area (Å²) in [6, 6.07) is 6.84. The lowest BCUT2D eigenvalue weighted by atomic mass is 10.0. The van der Waals surface area contributed by atoms with Crippen LogP contribution in [0.1, 0.15) is 24.4 Å². The number of nitrogens with two attached hydrogens (primary N) is 1. The van der Waals surface area contributed by atoms with Crippen molar-refractivity contribution in [2.45, 2.75) is 18.9 Å². The number of aliphatic hydroxyl groups is 1. The number of phenols is 1. The van der Waals surface area contributed by atoms with E-state index in [4.69, 9.17) is 10.8 Å². The van der Waals surface area contributed by atoms with Crippen molar-refractivity contribution in [2.24, 2.45) is 5.73 Å². The molecule has 72 valence electrons. The van der Waals surface area contributed by atoms with E-state index in [1.807, 2.05) is 6.07 Å². The highest BCUT2D eigenvalue weighted by Crippen LogP contribution is 2.24. The van der Waals surface area contributed by atoms with Crippen molar-refractivity contribution in [3.8, 4) is 5.75 Å². The summed E-state index contributed by atoms with van der Waals surface area (Å²) in [6.07, 6.45) is 1.35. The Labute approximate surface area is 77.8 Å². The zero-order chi connectivity index (χ0) is 9.68. The molecule has 0 fully saturated rings. The molecule has 1 aromatic carbocycles. The van der Waals surface area contributed by atoms with Crippen LogP contribution in [0.3, 0.4) is 0 Å². The standard InChI is InChI=1S/C10H15NO2/c11-9(5-3-7-12)8-4-1-2-6-10(8)13/h1-2,4,6,9,12-13H,3,5,7,11H2. The SMILES string of the molecule is NC(CCCO)c1ccccc1O. The first-order chi connectivity index (χ1) is 6.25. The second kappa shape index (κ2) is 4.84. The maximum atomic E-state index is 9.44. The van der Waals surface area contributed by atoms with Gasteiger partial charge < -0.3 is 15.9 Å². The highest BCUT2D eigenvalue weighted by Gasteiger charge is 2.08. The zero-order valence-corrected chi connectivity index (χ0v) is 7.48. The highest BCUT2D eigenvalue weighted by atomic mass is 16.3. The molecule has 13 heavy (non-hydrogen) atoms. The van der Waals surface area contributed by atoms with Gasteiger partial charge in [0.2, 0.25) is 0 Å². The Morgan fingerprint density at radius 3 is 2.62 bits per heavy atom. The van der Waals surface area contributed by atoms with Crippen molar-refractivity contribution < 1.29 is 10.2 Å². The van der Waals surface area contributed by atoms with Crippen LogP contribution >= 0.6 is 0 Å². The van der Waals surface area contributed by atoms with Gasteiger partial charge in [0.05, 0.1) is 0 Å². The Morgan fingerprint density at radius 1 is 1.31 bits per heavy atom. The molecular formula is C10H15NO2. The lowest BCUT2D eigenvalue weighted by Crippen LogP contribution is -2.10. The normalized spacial score (nSPS) is 12.8. The smallest absolute Gasteiger partial charge is 0.120 e. The fourth-order valence-electron chi connectivity index (χ4n) is 1.27. The molecule has 0 aromatic heterocycles. The van der Waals surface area contributed by atoms with Crippen molar-refractivity contribution in [1.82, 2.24) is 0 Å². The number of rotatable bonds is 4. The number of para-hydroxylation sites is 1. The monoisotopic (exact) mass is 181 g/mol. The molecule has 0 bridgehead atoms. The molecule has 0 radical (unpaired) electrons. The molecule has 0 spiro atoms. The van der Waals surface area contributed by atoms with Gasteiger partial charge in [-0.2, -0.15) is 0 Å². The number of hydrogen-bond acceptors (Lipinski definition) is 3. The second-order valence-electron chi connectivity index (χ2n) is 3.03. The molecule has 1 atom stereocenters. The predicted molar refractivity (Wildman–Crippen MR) is 51.4 cm³/mol. The third-order valence-corrected chi connectivity index (χ3v) is 2.01. The fourth-order valence-corrected chi connectivity index (χ4v) is 1.27. The van der Waals surface area contributed by atoms with Crippen LogP contribution in [0.15, 0.2) is 24.3 Å². The van der Waals surface area contributed by atoms with Gasteiger partial charge in [-0.3, -0.25) is 0 Å². The van der Waals surface area contributed by atoms with Crippen molar-refractivity contribution in [3.63, 3.8) is 0 Å². The van der Waals surface area contributed by atoms with E-state index in [0.29, 0.717) is 12.8 Å². The van der Waals surface area contributed by atoms with E-state index in [1.54, 1.807) is 18.2 Å². The Balaban J connectivity index is 2.65. The van der Waals surface area contributed by atoms with Gasteiger partial charge in [0.15, 0.2) is 0 Å². The van der Waals surface area contributed by atoms with Gasteiger partial charge in [-0.25, -0.2) is 0 Å². The first kappa shape index (κ1) is 10.0. The van der Waals surface area contributed by atoms with Crippen LogP contribution in [-0.2, 0) is 0 Å². The summed E-state index contributed by atoms with van der Waals surface area (Å²) in [5.41, 5.74) is 6.56. The molecule has 3 nitrogen and oxygen atoms in total. The minimum Gasteiger partial charge on any atom is -0.508 e. The van der Waals surface area contributed by atoms with Crippen LogP contribution in [0.2, 0.25) is 0 Å². The molecule has 0 amide bonds. The number of hydrogen-bond donors (Lipinski definition) is 3. The molecule has 0 aliphatic rings. The fraction of sp³-hybridized carbons (Fsp3) is 0.400. The predicted octanol–water partition coefficient (Wildman–Crippen LogP) is 1.16. The summed E-state index contributed by atoms with van der Waals surface area (Å²) < 4.78 is 0. The lowest BCUT2D eigenvalue weighted by Gasteiger charge is -2.12. The molecule has 3 heteroatoms. The molecule has 1 unspecified atom stereocenters. The summed E-state index contributed by atoms with van der Waals surface area (Å²) in [5, 5.41) is 18.1. The van der Waals surface area contributed by atoms with E-state index in [1.165, 1.54) is 0 Å². The number of aliphatic hydroxyl groups excluding tert-OH is 1. The summed E-state index contributed by atoms with van der Waals surface area (Å²) in [5.74, 6) is 0.230. The first-order valence-corrected chi connectivity index (χ1v) is 4.40. The van der Waals surface area contributed by atoms with Crippen LogP contribution in [0.4, 0.5) is 0 Å². The Kier molecular flexibility index (Phi) is 3.73. The van der Waals surface area contributed by atoms with Gasteiger partial charge in [-0.1, -0.05) is 18.2 Å². The molecular weight excluding hydrogens is 166 g/mol. The average molecular weight is 181 g/mol. The Morgan fingerprint density at radius 2 is 2.00 bits per heavy atom. The number of phenolic OH excluding ortho intramolecular Hbond substituents is 1. The minimum absolute atomic E-state index is 0.140. The second-order valence-corrected chi connectivity index (χ2v) is 3.03. The van der Waals surface area contributed by atoms with E-state index in [0.717, 1.165) is 5.56 Å². The number of aromatic hydroxyl groups is 1. The molecule has 0 saturated carbocycles. The minimum atomic E-state index is -0.187. The third-order valence-electron chi connectivity index (χ3n) is 2.01. The number of benzene rings is 1. The summed E-state index contributed by atoms with van der Waals surface area (Å²) >= 11 is 0. The maximum absolute atomic E-state index is 9.44. The van der Waals surface area contributed by atoms with E-state index in [9.17, 15) is 5.11 Å². The molecule has 1 rings (SSSR count). The van der Waals surface area contributed by atoms with Gasteiger partial charge in [0, 0.05) is 18.2 Å². The summed E-state index contributed by atoms with van der Waals surface area (Å²) in [4.78, 5) is 0. The lowest BCUT2D eigenvalue weighted by molar-refractivity contribution is 0.279.